The minimum Gasteiger partial charge on any atom is -0.393 e. The van der Waals surface area contributed by atoms with Gasteiger partial charge < -0.3 is 15.5 Å². The van der Waals surface area contributed by atoms with Crippen molar-refractivity contribution in [2.75, 3.05) is 6.54 Å². The molecule has 1 heterocycles. The van der Waals surface area contributed by atoms with Crippen LogP contribution in [0.4, 0.5) is 0 Å². The first-order valence-corrected chi connectivity index (χ1v) is 12.2. The summed E-state index contributed by atoms with van der Waals surface area (Å²) >= 11 is 0. The molecule has 1 saturated carbocycles. The molecule has 1 saturated heterocycles. The fraction of sp³-hybridized carbons (Fsp3) is 0.704. The highest BCUT2D eigenvalue weighted by atomic mass is 16.3. The summed E-state index contributed by atoms with van der Waals surface area (Å²) in [5, 5.41) is 24.6. The van der Waals surface area contributed by atoms with E-state index in [2.05, 4.69) is 51.2 Å². The van der Waals surface area contributed by atoms with Crippen molar-refractivity contribution in [2.45, 2.75) is 96.3 Å². The van der Waals surface area contributed by atoms with Crippen molar-refractivity contribution in [3.05, 3.63) is 46.0 Å². The minimum atomic E-state index is -0.265. The lowest BCUT2D eigenvalue weighted by Gasteiger charge is -2.48. The molecule has 5 rings (SSSR count). The van der Waals surface area contributed by atoms with Gasteiger partial charge in [-0.15, -0.1) is 0 Å². The second-order valence-corrected chi connectivity index (χ2v) is 11.2. The van der Waals surface area contributed by atoms with E-state index in [1.165, 1.54) is 23.1 Å². The summed E-state index contributed by atoms with van der Waals surface area (Å²) in [7, 11) is 0. The van der Waals surface area contributed by atoms with Crippen LogP contribution in [0.1, 0.15) is 87.0 Å². The van der Waals surface area contributed by atoms with Gasteiger partial charge in [-0.1, -0.05) is 44.6 Å². The van der Waals surface area contributed by atoms with Gasteiger partial charge in [-0.05, 0) is 103 Å². The standard InChI is InChI=1S/C27H39NO2/c1-15-11-25(30)26(28-14-15)17(3)20-7-8-21-22-6-5-18-12-19(29)9-10-27(18,4)24(22)13-23(21)16(20)2/h5,7-8,15,17,19,22,24-26,28-30H,6,9-14H2,1-4H3/t15-,17-,19-,22?,24-,25+,26?,27-/m0/s1. The monoisotopic (exact) mass is 409 g/mol. The molecule has 1 aromatic carbocycles. The van der Waals surface area contributed by atoms with Crippen molar-refractivity contribution < 1.29 is 10.2 Å². The number of aliphatic hydroxyl groups is 2. The van der Waals surface area contributed by atoms with Gasteiger partial charge in [-0.25, -0.2) is 0 Å². The van der Waals surface area contributed by atoms with Crippen LogP contribution < -0.4 is 5.32 Å². The quantitative estimate of drug-likeness (QED) is 0.626. The Hall–Kier alpha value is -1.16. The molecule has 1 aromatic rings. The zero-order chi connectivity index (χ0) is 21.2. The maximum atomic E-state index is 10.7. The second-order valence-electron chi connectivity index (χ2n) is 11.2. The van der Waals surface area contributed by atoms with Gasteiger partial charge in [0.05, 0.1) is 12.2 Å². The van der Waals surface area contributed by atoms with E-state index in [-0.39, 0.29) is 23.7 Å². The molecule has 3 heteroatoms. The van der Waals surface area contributed by atoms with Crippen LogP contribution in [0.5, 0.6) is 0 Å². The van der Waals surface area contributed by atoms with Gasteiger partial charge in [0.1, 0.15) is 0 Å². The zero-order valence-corrected chi connectivity index (χ0v) is 19.1. The number of fused-ring (bicyclic) bond motifs is 5. The van der Waals surface area contributed by atoms with Crippen LogP contribution in [-0.2, 0) is 6.42 Å². The van der Waals surface area contributed by atoms with Gasteiger partial charge in [0.15, 0.2) is 0 Å². The Morgan fingerprint density at radius 2 is 2.00 bits per heavy atom. The van der Waals surface area contributed by atoms with Crippen molar-refractivity contribution >= 4 is 0 Å². The lowest BCUT2D eigenvalue weighted by Crippen LogP contribution is -2.50. The Balaban J connectivity index is 1.44. The van der Waals surface area contributed by atoms with E-state index < -0.39 is 0 Å². The highest BCUT2D eigenvalue weighted by Crippen LogP contribution is 2.60. The van der Waals surface area contributed by atoms with Gasteiger partial charge in [0.2, 0.25) is 0 Å². The van der Waals surface area contributed by atoms with E-state index in [9.17, 15) is 10.2 Å². The van der Waals surface area contributed by atoms with Crippen LogP contribution in [0.3, 0.4) is 0 Å². The zero-order valence-electron chi connectivity index (χ0n) is 19.1. The van der Waals surface area contributed by atoms with E-state index in [1.807, 2.05) is 0 Å². The SMILES string of the molecule is Cc1c([C@H](C)C2NC[C@@H](C)C[C@H]2O)ccc2c1C[C@H]1C2CC=C2C[C@@H](O)CC[C@@]21C. The third kappa shape index (κ3) is 3.12. The second kappa shape index (κ2) is 7.46. The van der Waals surface area contributed by atoms with Crippen molar-refractivity contribution in [3.63, 3.8) is 0 Å². The smallest absolute Gasteiger partial charge is 0.0702 e. The van der Waals surface area contributed by atoms with Gasteiger partial charge in [0, 0.05) is 6.04 Å². The number of benzene rings is 1. The third-order valence-electron chi connectivity index (χ3n) is 9.40. The van der Waals surface area contributed by atoms with Crippen molar-refractivity contribution in [1.29, 1.82) is 0 Å². The Kier molecular flexibility index (Phi) is 5.16. The number of aliphatic hydroxyl groups excluding tert-OH is 2. The molecule has 3 aliphatic carbocycles. The van der Waals surface area contributed by atoms with Crippen LogP contribution >= 0.6 is 0 Å². The summed E-state index contributed by atoms with van der Waals surface area (Å²) in [5.41, 5.74) is 7.79. The Morgan fingerprint density at radius 3 is 2.77 bits per heavy atom. The van der Waals surface area contributed by atoms with Gasteiger partial charge >= 0.3 is 0 Å². The summed E-state index contributed by atoms with van der Waals surface area (Å²) in [6.45, 7) is 10.3. The summed E-state index contributed by atoms with van der Waals surface area (Å²) in [4.78, 5) is 0. The molecular formula is C27H39NO2. The Bertz CT molecular complexity index is 861. The van der Waals surface area contributed by atoms with Crippen LogP contribution in [0, 0.1) is 24.2 Å². The Labute approximate surface area is 182 Å². The number of piperidine rings is 1. The molecular weight excluding hydrogens is 370 g/mol. The predicted octanol–water partition coefficient (Wildman–Crippen LogP) is 4.59. The van der Waals surface area contributed by atoms with E-state index >= 15 is 0 Å². The molecule has 2 unspecified atom stereocenters. The molecule has 0 aromatic heterocycles. The first-order chi connectivity index (χ1) is 14.3. The molecule has 3 N–H and O–H groups in total. The van der Waals surface area contributed by atoms with Crippen LogP contribution in [0.25, 0.3) is 0 Å². The number of hydrogen-bond donors (Lipinski definition) is 3. The molecule has 0 spiro atoms. The average Bonchev–Trinajstić information content (AvgIpc) is 3.09. The first-order valence-electron chi connectivity index (χ1n) is 12.2. The molecule has 0 radical (unpaired) electrons. The van der Waals surface area contributed by atoms with Crippen molar-refractivity contribution in [2.24, 2.45) is 17.3 Å². The van der Waals surface area contributed by atoms with Crippen LogP contribution in [-0.4, -0.2) is 35.0 Å². The minimum absolute atomic E-state index is 0.143. The highest BCUT2D eigenvalue weighted by molar-refractivity contribution is 5.49. The maximum Gasteiger partial charge on any atom is 0.0702 e. The molecule has 3 nitrogen and oxygen atoms in total. The van der Waals surface area contributed by atoms with E-state index in [4.69, 9.17) is 0 Å². The summed E-state index contributed by atoms with van der Waals surface area (Å²) in [6, 6.07) is 4.92. The number of nitrogens with one attached hydrogen (secondary N) is 1. The lowest BCUT2D eigenvalue weighted by molar-refractivity contribution is 0.0656. The van der Waals surface area contributed by atoms with Crippen LogP contribution in [0.15, 0.2) is 23.8 Å². The molecule has 4 aliphatic rings. The summed E-state index contributed by atoms with van der Waals surface area (Å²) in [6.07, 6.45) is 8.20. The van der Waals surface area contributed by atoms with Crippen LogP contribution in [0.2, 0.25) is 0 Å². The van der Waals surface area contributed by atoms with Crippen molar-refractivity contribution in [3.8, 4) is 0 Å². The molecule has 2 fully saturated rings. The molecule has 164 valence electrons. The largest absolute Gasteiger partial charge is 0.393 e. The van der Waals surface area contributed by atoms with E-state index in [0.717, 1.165) is 38.6 Å². The van der Waals surface area contributed by atoms with Gasteiger partial charge in [-0.3, -0.25) is 0 Å². The van der Waals surface area contributed by atoms with E-state index in [1.54, 1.807) is 11.1 Å². The van der Waals surface area contributed by atoms with Crippen molar-refractivity contribution in [1.82, 2.24) is 5.32 Å². The number of hydrogen-bond acceptors (Lipinski definition) is 3. The third-order valence-corrected chi connectivity index (χ3v) is 9.40. The first kappa shape index (κ1) is 20.7. The maximum absolute atomic E-state index is 10.7. The fourth-order valence-electron chi connectivity index (χ4n) is 7.49. The molecule has 0 amide bonds. The van der Waals surface area contributed by atoms with Gasteiger partial charge in [0.25, 0.3) is 0 Å². The highest BCUT2D eigenvalue weighted by Gasteiger charge is 2.50. The summed E-state index contributed by atoms with van der Waals surface area (Å²) < 4.78 is 0. The normalized spacial score (nSPS) is 41.5. The van der Waals surface area contributed by atoms with Gasteiger partial charge in [-0.2, -0.15) is 0 Å². The number of rotatable bonds is 2. The summed E-state index contributed by atoms with van der Waals surface area (Å²) in [5.74, 6) is 2.16. The Morgan fingerprint density at radius 1 is 1.20 bits per heavy atom. The predicted molar refractivity (Wildman–Crippen MR) is 122 cm³/mol. The molecule has 30 heavy (non-hydrogen) atoms. The lowest BCUT2D eigenvalue weighted by atomic mass is 9.57. The topological polar surface area (TPSA) is 52.5 Å². The molecule has 0 bridgehead atoms. The molecule has 1 aliphatic heterocycles. The molecule has 8 atom stereocenters. The number of allylic oxidation sites excluding steroid dienone is 1. The fourth-order valence-corrected chi connectivity index (χ4v) is 7.49. The average molecular weight is 410 g/mol. The van der Waals surface area contributed by atoms with E-state index in [0.29, 0.717) is 23.7 Å².